The zero-order valence-electron chi connectivity index (χ0n) is 15.4. The summed E-state index contributed by atoms with van der Waals surface area (Å²) in [6.07, 6.45) is 1.78. The van der Waals surface area contributed by atoms with Gasteiger partial charge in [0.25, 0.3) is 0 Å². The molecule has 1 aliphatic carbocycles. The van der Waals surface area contributed by atoms with Crippen molar-refractivity contribution in [2.24, 2.45) is 0 Å². The first-order valence-electron chi connectivity index (χ1n) is 9.24. The van der Waals surface area contributed by atoms with Crippen molar-refractivity contribution in [2.45, 2.75) is 35.3 Å². The number of amides is 1. The fourth-order valence-electron chi connectivity index (χ4n) is 3.80. The number of carbonyl (C=O) groups is 1. The number of fused-ring (bicyclic) bond motifs is 1. The van der Waals surface area contributed by atoms with Crippen LogP contribution in [0.15, 0.2) is 41.3 Å². The second-order valence-electron chi connectivity index (χ2n) is 7.09. The Hall–Kier alpha value is -1.96. The summed E-state index contributed by atoms with van der Waals surface area (Å²) >= 11 is 12.2. The highest BCUT2D eigenvalue weighted by atomic mass is 35.5. The van der Waals surface area contributed by atoms with Crippen LogP contribution in [-0.4, -0.2) is 32.3 Å². The molecule has 1 fully saturated rings. The maximum atomic E-state index is 13.4. The van der Waals surface area contributed by atoms with Crippen LogP contribution in [0.1, 0.15) is 25.7 Å². The summed E-state index contributed by atoms with van der Waals surface area (Å²) in [4.78, 5) is 13.4. The van der Waals surface area contributed by atoms with Crippen molar-refractivity contribution in [1.82, 2.24) is 0 Å². The third-order valence-electron chi connectivity index (χ3n) is 5.34. The molecular weight excluding hydrogens is 437 g/mol. The van der Waals surface area contributed by atoms with Gasteiger partial charge >= 0.3 is 0 Å². The van der Waals surface area contributed by atoms with Crippen molar-refractivity contribution in [1.29, 1.82) is 0 Å². The molecule has 1 amide bonds. The van der Waals surface area contributed by atoms with Crippen molar-refractivity contribution >= 4 is 44.6 Å². The average molecular weight is 456 g/mol. The average Bonchev–Trinajstić information content (AvgIpc) is 3.21. The molecule has 154 valence electrons. The van der Waals surface area contributed by atoms with Crippen molar-refractivity contribution in [3.63, 3.8) is 0 Å². The predicted molar refractivity (Wildman–Crippen MR) is 111 cm³/mol. The largest absolute Gasteiger partial charge is 0.486 e. The maximum absolute atomic E-state index is 13.4. The van der Waals surface area contributed by atoms with E-state index in [9.17, 15) is 13.2 Å². The van der Waals surface area contributed by atoms with E-state index in [0.29, 0.717) is 48.3 Å². The van der Waals surface area contributed by atoms with Crippen LogP contribution in [0.5, 0.6) is 11.5 Å². The molecule has 1 aliphatic heterocycles. The van der Waals surface area contributed by atoms with Gasteiger partial charge in [0.1, 0.15) is 13.2 Å². The summed E-state index contributed by atoms with van der Waals surface area (Å²) in [7, 11) is -3.94. The molecule has 0 unspecified atom stereocenters. The number of carbonyl (C=O) groups excluding carboxylic acids is 1. The lowest BCUT2D eigenvalue weighted by Gasteiger charge is -2.28. The Morgan fingerprint density at radius 1 is 0.966 bits per heavy atom. The predicted octanol–water partition coefficient (Wildman–Crippen LogP) is 4.49. The van der Waals surface area contributed by atoms with Crippen LogP contribution in [0, 0.1) is 0 Å². The summed E-state index contributed by atoms with van der Waals surface area (Å²) in [6.45, 7) is 0.800. The van der Waals surface area contributed by atoms with Gasteiger partial charge in [-0.15, -0.1) is 0 Å². The minimum absolute atomic E-state index is 0.0761. The molecule has 9 heteroatoms. The number of ether oxygens (including phenoxy) is 2. The van der Waals surface area contributed by atoms with Gasteiger partial charge in [0.2, 0.25) is 5.91 Å². The highest BCUT2D eigenvalue weighted by Gasteiger charge is 2.53. The van der Waals surface area contributed by atoms with Gasteiger partial charge < -0.3 is 14.8 Å². The van der Waals surface area contributed by atoms with Gasteiger partial charge in [-0.1, -0.05) is 36.0 Å². The molecular formula is C20H19Cl2NO5S. The molecule has 2 aromatic carbocycles. The zero-order valence-corrected chi connectivity index (χ0v) is 17.7. The fourth-order valence-corrected chi connectivity index (χ4v) is 6.19. The van der Waals surface area contributed by atoms with E-state index in [1.54, 1.807) is 12.1 Å². The Labute approximate surface area is 179 Å². The molecule has 29 heavy (non-hydrogen) atoms. The van der Waals surface area contributed by atoms with Crippen LogP contribution in [0.3, 0.4) is 0 Å². The van der Waals surface area contributed by atoms with Crippen LogP contribution in [0.25, 0.3) is 0 Å². The number of halogens is 2. The first-order valence-corrected chi connectivity index (χ1v) is 11.5. The van der Waals surface area contributed by atoms with E-state index in [1.807, 2.05) is 0 Å². The van der Waals surface area contributed by atoms with E-state index in [1.165, 1.54) is 24.3 Å². The summed E-state index contributed by atoms with van der Waals surface area (Å²) < 4.78 is 36.3. The molecule has 2 aromatic rings. The highest BCUT2D eigenvalue weighted by molar-refractivity contribution is 7.93. The van der Waals surface area contributed by atoms with Crippen molar-refractivity contribution in [3.8, 4) is 11.5 Å². The Bertz CT molecular complexity index is 1050. The lowest BCUT2D eigenvalue weighted by molar-refractivity contribution is -0.118. The second-order valence-corrected chi connectivity index (χ2v) is 10.2. The van der Waals surface area contributed by atoms with Crippen LogP contribution in [0.2, 0.25) is 10.0 Å². The van der Waals surface area contributed by atoms with Gasteiger partial charge in [-0.25, -0.2) is 8.42 Å². The Morgan fingerprint density at radius 2 is 1.55 bits per heavy atom. The standard InChI is InChI=1S/C20H19Cl2NO5S/c21-13-3-5-14(6-4-13)29(25,26)20(7-1-2-8-20)19(24)23-16-12-18-17(11-15(16)22)27-9-10-28-18/h3-6,11-12H,1-2,7-10H2,(H,23,24). The van der Waals surface area contributed by atoms with Crippen LogP contribution >= 0.6 is 23.2 Å². The van der Waals surface area contributed by atoms with Gasteiger partial charge in [0.05, 0.1) is 15.6 Å². The fraction of sp³-hybridized carbons (Fsp3) is 0.350. The van der Waals surface area contributed by atoms with E-state index in [0.717, 1.165) is 0 Å². The molecule has 1 N–H and O–H groups in total. The lowest BCUT2D eigenvalue weighted by Crippen LogP contribution is -2.47. The monoisotopic (exact) mass is 455 g/mol. The molecule has 0 atom stereocenters. The van der Waals surface area contributed by atoms with Crippen molar-refractivity contribution < 1.29 is 22.7 Å². The molecule has 4 rings (SSSR count). The minimum Gasteiger partial charge on any atom is -0.486 e. The van der Waals surface area contributed by atoms with Crippen LogP contribution in [0.4, 0.5) is 5.69 Å². The second kappa shape index (κ2) is 7.70. The number of sulfone groups is 1. The van der Waals surface area contributed by atoms with E-state index >= 15 is 0 Å². The van der Waals surface area contributed by atoms with Gasteiger partial charge in [-0.3, -0.25) is 4.79 Å². The molecule has 6 nitrogen and oxygen atoms in total. The van der Waals surface area contributed by atoms with Crippen LogP contribution < -0.4 is 14.8 Å². The molecule has 0 radical (unpaired) electrons. The summed E-state index contributed by atoms with van der Waals surface area (Å²) in [5.41, 5.74) is 0.290. The van der Waals surface area contributed by atoms with Crippen LogP contribution in [-0.2, 0) is 14.6 Å². The molecule has 1 saturated carbocycles. The first-order chi connectivity index (χ1) is 13.8. The van der Waals surface area contributed by atoms with Gasteiger partial charge in [-0.05, 0) is 37.1 Å². The summed E-state index contributed by atoms with van der Waals surface area (Å²) in [5, 5.41) is 3.40. The van der Waals surface area contributed by atoms with Crippen molar-refractivity contribution in [3.05, 3.63) is 46.4 Å². The van der Waals surface area contributed by atoms with Gasteiger partial charge in [0, 0.05) is 17.2 Å². The Kier molecular flexibility index (Phi) is 5.40. The van der Waals surface area contributed by atoms with Gasteiger partial charge in [0.15, 0.2) is 26.1 Å². The number of hydrogen-bond donors (Lipinski definition) is 1. The minimum atomic E-state index is -3.94. The number of nitrogens with one attached hydrogen (secondary N) is 1. The molecule has 0 saturated heterocycles. The molecule has 0 spiro atoms. The van der Waals surface area contributed by atoms with Crippen molar-refractivity contribution in [2.75, 3.05) is 18.5 Å². The normalized spacial score (nSPS) is 17.7. The number of hydrogen-bond acceptors (Lipinski definition) is 5. The smallest absolute Gasteiger partial charge is 0.246 e. The van der Waals surface area contributed by atoms with Gasteiger partial charge in [-0.2, -0.15) is 0 Å². The number of rotatable bonds is 4. The molecule has 2 aliphatic rings. The van der Waals surface area contributed by atoms with E-state index < -0.39 is 20.5 Å². The number of benzene rings is 2. The topological polar surface area (TPSA) is 81.7 Å². The van der Waals surface area contributed by atoms with E-state index in [4.69, 9.17) is 32.7 Å². The lowest BCUT2D eigenvalue weighted by atomic mass is 10.1. The quantitative estimate of drug-likeness (QED) is 0.733. The Morgan fingerprint density at radius 3 is 2.17 bits per heavy atom. The molecule has 0 aromatic heterocycles. The van der Waals surface area contributed by atoms with E-state index in [2.05, 4.69) is 5.32 Å². The Balaban J connectivity index is 1.69. The summed E-state index contributed by atoms with van der Waals surface area (Å²) in [5.74, 6) is 0.351. The third kappa shape index (κ3) is 3.56. The van der Waals surface area contributed by atoms with E-state index in [-0.39, 0.29) is 22.8 Å². The first kappa shape index (κ1) is 20.3. The third-order valence-corrected chi connectivity index (χ3v) is 8.42. The molecule has 1 heterocycles. The highest BCUT2D eigenvalue weighted by Crippen LogP contribution is 2.43. The number of anilines is 1. The summed E-state index contributed by atoms with van der Waals surface area (Å²) in [6, 6.07) is 9.00. The zero-order chi connectivity index (χ0) is 20.6. The SMILES string of the molecule is O=C(Nc1cc2c(cc1Cl)OCCO2)C1(S(=O)(=O)c2ccc(Cl)cc2)CCCC1. The maximum Gasteiger partial charge on any atom is 0.246 e. The molecule has 0 bridgehead atoms.